The van der Waals surface area contributed by atoms with Crippen LogP contribution < -0.4 is 10.7 Å². The van der Waals surface area contributed by atoms with Gasteiger partial charge in [-0.1, -0.05) is 36.4 Å². The first-order chi connectivity index (χ1) is 7.36. The van der Waals surface area contributed by atoms with E-state index >= 15 is 0 Å². The second-order valence-corrected chi connectivity index (χ2v) is 3.27. The minimum absolute atomic E-state index is 0.668. The van der Waals surface area contributed by atoms with Crippen LogP contribution in [0, 0.1) is 0 Å². The van der Waals surface area contributed by atoms with Crippen LogP contribution in [0.25, 0.3) is 0 Å². The summed E-state index contributed by atoms with van der Waals surface area (Å²) in [7, 11) is 0. The lowest BCUT2D eigenvalue weighted by Crippen LogP contribution is -2.69. The molecule has 0 saturated heterocycles. The average molecular weight is 197 g/mol. The Hall–Kier alpha value is -2.09. The summed E-state index contributed by atoms with van der Waals surface area (Å²) >= 11 is 0. The van der Waals surface area contributed by atoms with Crippen LogP contribution in [-0.2, 0) is 0 Å². The fourth-order valence-corrected chi connectivity index (χ4v) is 1.37. The molecule has 2 aromatic carbocycles. The lowest BCUT2D eigenvalue weighted by atomic mass is 10.2. The summed E-state index contributed by atoms with van der Waals surface area (Å²) in [4.78, 5) is 3.15. The van der Waals surface area contributed by atoms with Crippen molar-refractivity contribution in [3.63, 3.8) is 0 Å². The molecule has 0 unspecified atom stereocenters. The highest BCUT2D eigenvalue weighted by atomic mass is 14.9. The molecule has 0 fully saturated rings. The lowest BCUT2D eigenvalue weighted by Gasteiger charge is -1.95. The Bertz CT molecular complexity index is 446. The number of nitrogens with one attached hydrogen (secondary N) is 1. The van der Waals surface area contributed by atoms with Crippen LogP contribution in [0.3, 0.4) is 0 Å². The van der Waals surface area contributed by atoms with E-state index in [9.17, 15) is 0 Å². The number of nitrogens with two attached hydrogens (primary N) is 1. The largest absolute Gasteiger partial charge is 0.287 e. The molecule has 0 heterocycles. The van der Waals surface area contributed by atoms with Crippen LogP contribution in [0.1, 0.15) is 5.56 Å². The first-order valence-electron chi connectivity index (χ1n) is 4.86. The van der Waals surface area contributed by atoms with Crippen LogP contribution in [0.2, 0.25) is 0 Å². The SMILES string of the molecule is NC(=[NH+]c1ccccc1)c1ccccc1. The van der Waals surface area contributed by atoms with Crippen molar-refractivity contribution in [2.75, 3.05) is 0 Å². The molecular formula is C13H13N2+. The predicted molar refractivity (Wildman–Crippen MR) is 61.8 cm³/mol. The van der Waals surface area contributed by atoms with E-state index in [0.717, 1.165) is 11.3 Å². The van der Waals surface area contributed by atoms with Gasteiger partial charge in [-0.15, -0.1) is 0 Å². The number of benzene rings is 2. The molecule has 0 aliphatic heterocycles. The van der Waals surface area contributed by atoms with Gasteiger partial charge in [-0.2, -0.15) is 0 Å². The minimum atomic E-state index is 0.668. The van der Waals surface area contributed by atoms with Crippen molar-refractivity contribution in [2.45, 2.75) is 0 Å². The molecule has 0 amide bonds. The normalized spacial score (nSPS) is 11.3. The monoisotopic (exact) mass is 197 g/mol. The van der Waals surface area contributed by atoms with E-state index in [2.05, 4.69) is 4.99 Å². The van der Waals surface area contributed by atoms with Gasteiger partial charge < -0.3 is 0 Å². The smallest absolute Gasteiger partial charge is 0.277 e. The average Bonchev–Trinajstić information content (AvgIpc) is 2.31. The van der Waals surface area contributed by atoms with Crippen molar-refractivity contribution < 1.29 is 4.99 Å². The molecule has 0 spiro atoms. The van der Waals surface area contributed by atoms with Crippen LogP contribution in [0.15, 0.2) is 60.7 Å². The molecule has 2 heteroatoms. The third-order valence-corrected chi connectivity index (χ3v) is 2.14. The third-order valence-electron chi connectivity index (χ3n) is 2.14. The lowest BCUT2D eigenvalue weighted by molar-refractivity contribution is -0.354. The van der Waals surface area contributed by atoms with E-state index in [1.54, 1.807) is 0 Å². The number of hydrogen-bond acceptors (Lipinski definition) is 0. The quantitative estimate of drug-likeness (QED) is 0.542. The highest BCUT2D eigenvalue weighted by molar-refractivity contribution is 5.93. The summed E-state index contributed by atoms with van der Waals surface area (Å²) < 4.78 is 0. The summed E-state index contributed by atoms with van der Waals surface area (Å²) in [5.74, 6) is 0.668. The highest BCUT2D eigenvalue weighted by Gasteiger charge is 2.02. The minimum Gasteiger partial charge on any atom is -0.287 e. The maximum atomic E-state index is 5.93. The Morgan fingerprint density at radius 1 is 0.800 bits per heavy atom. The van der Waals surface area contributed by atoms with Crippen LogP contribution >= 0.6 is 0 Å². The van der Waals surface area contributed by atoms with Crippen LogP contribution in [0.4, 0.5) is 5.69 Å². The Morgan fingerprint density at radius 3 is 1.93 bits per heavy atom. The van der Waals surface area contributed by atoms with E-state index in [4.69, 9.17) is 5.73 Å². The van der Waals surface area contributed by atoms with Gasteiger partial charge in [0.1, 0.15) is 5.69 Å². The van der Waals surface area contributed by atoms with Crippen molar-refractivity contribution in [3.05, 3.63) is 66.2 Å². The van der Waals surface area contributed by atoms with Gasteiger partial charge in [0.05, 0.1) is 5.56 Å². The fourth-order valence-electron chi connectivity index (χ4n) is 1.37. The molecule has 0 aliphatic rings. The molecule has 15 heavy (non-hydrogen) atoms. The third kappa shape index (κ3) is 2.44. The number of hydrogen-bond donors (Lipinski definition) is 2. The van der Waals surface area contributed by atoms with E-state index in [1.165, 1.54) is 0 Å². The Morgan fingerprint density at radius 2 is 1.33 bits per heavy atom. The zero-order valence-electron chi connectivity index (χ0n) is 8.35. The molecule has 0 saturated carbocycles. The summed E-state index contributed by atoms with van der Waals surface area (Å²) in [6.45, 7) is 0. The Kier molecular flexibility index (Phi) is 2.79. The molecule has 3 N–H and O–H groups in total. The zero-order chi connectivity index (χ0) is 10.5. The molecule has 0 atom stereocenters. The van der Waals surface area contributed by atoms with Gasteiger partial charge in [-0.3, -0.25) is 5.73 Å². The first-order valence-corrected chi connectivity index (χ1v) is 4.86. The van der Waals surface area contributed by atoms with Crippen LogP contribution in [-0.4, -0.2) is 5.84 Å². The second kappa shape index (κ2) is 4.42. The van der Waals surface area contributed by atoms with Gasteiger partial charge in [0.2, 0.25) is 0 Å². The van der Waals surface area contributed by atoms with E-state index in [1.807, 2.05) is 60.7 Å². The molecule has 0 aliphatic carbocycles. The van der Waals surface area contributed by atoms with Crippen LogP contribution in [0.5, 0.6) is 0 Å². The number of nitrogen functional groups attached to an aromatic ring is 1. The van der Waals surface area contributed by atoms with Crippen molar-refractivity contribution in [2.24, 2.45) is 5.73 Å². The number of para-hydroxylation sites is 1. The van der Waals surface area contributed by atoms with Gasteiger partial charge in [0.15, 0.2) is 0 Å². The zero-order valence-corrected chi connectivity index (χ0v) is 8.35. The molecule has 2 rings (SSSR count). The first kappa shape index (κ1) is 9.46. The summed E-state index contributed by atoms with van der Waals surface area (Å²) in [5.41, 5.74) is 7.93. The topological polar surface area (TPSA) is 40.0 Å². The van der Waals surface area contributed by atoms with Gasteiger partial charge in [0.25, 0.3) is 5.84 Å². The summed E-state index contributed by atoms with van der Waals surface area (Å²) in [6, 6.07) is 19.7. The number of rotatable bonds is 2. The molecular weight excluding hydrogens is 184 g/mol. The molecule has 74 valence electrons. The van der Waals surface area contributed by atoms with E-state index < -0.39 is 0 Å². The maximum Gasteiger partial charge on any atom is 0.277 e. The molecule has 0 bridgehead atoms. The van der Waals surface area contributed by atoms with Gasteiger partial charge >= 0.3 is 0 Å². The van der Waals surface area contributed by atoms with E-state index in [0.29, 0.717) is 5.84 Å². The molecule has 0 aromatic heterocycles. The van der Waals surface area contributed by atoms with Crippen molar-refractivity contribution >= 4 is 11.5 Å². The van der Waals surface area contributed by atoms with E-state index in [-0.39, 0.29) is 0 Å². The predicted octanol–water partition coefficient (Wildman–Crippen LogP) is 0.804. The molecule has 2 aromatic rings. The Labute approximate surface area is 89.1 Å². The second-order valence-electron chi connectivity index (χ2n) is 3.27. The van der Waals surface area contributed by atoms with Gasteiger partial charge in [-0.25, -0.2) is 4.99 Å². The van der Waals surface area contributed by atoms with Crippen molar-refractivity contribution in [1.29, 1.82) is 0 Å². The standard InChI is InChI=1S/C13H12N2/c14-13(11-7-3-1-4-8-11)15-12-9-5-2-6-10-12/h1-10H,(H2,14,15)/p+1. The number of amidine groups is 1. The van der Waals surface area contributed by atoms with Crippen molar-refractivity contribution in [1.82, 2.24) is 0 Å². The molecule has 2 nitrogen and oxygen atoms in total. The fraction of sp³-hybridized carbons (Fsp3) is 0. The summed E-state index contributed by atoms with van der Waals surface area (Å²) in [6.07, 6.45) is 0. The Balaban J connectivity index is 2.29. The van der Waals surface area contributed by atoms with Crippen molar-refractivity contribution in [3.8, 4) is 0 Å². The maximum absolute atomic E-state index is 5.93. The van der Waals surface area contributed by atoms with Gasteiger partial charge in [-0.05, 0) is 24.3 Å². The van der Waals surface area contributed by atoms with Gasteiger partial charge in [0, 0.05) is 0 Å². The molecule has 0 radical (unpaired) electrons. The summed E-state index contributed by atoms with van der Waals surface area (Å²) in [5, 5.41) is 0. The highest BCUT2D eigenvalue weighted by Crippen LogP contribution is 1.97.